The number of nitro groups is 1. The molecule has 0 fully saturated rings. The minimum atomic E-state index is -0.449. The molecule has 0 amide bonds. The van der Waals surface area contributed by atoms with Crippen molar-refractivity contribution in [3.8, 4) is 0 Å². The molecule has 0 saturated heterocycles. The standard InChI is InChI=1S/C11H9Cl2N3O2S/c1-6-9(16(17)18)11(15(2)14-6)19-10-7(12)4-3-5-8(10)13/h3-5H,1-2H3. The smallest absolute Gasteiger partial charge is 0.258 e. The summed E-state index contributed by atoms with van der Waals surface area (Å²) >= 11 is 13.3. The Balaban J connectivity index is 2.53. The van der Waals surface area contributed by atoms with Crippen LogP contribution in [0.1, 0.15) is 5.69 Å². The van der Waals surface area contributed by atoms with Crippen molar-refractivity contribution in [1.29, 1.82) is 0 Å². The molecular formula is C11H9Cl2N3O2S. The van der Waals surface area contributed by atoms with Gasteiger partial charge in [0, 0.05) is 7.05 Å². The van der Waals surface area contributed by atoms with E-state index in [9.17, 15) is 10.1 Å². The number of hydrogen-bond acceptors (Lipinski definition) is 4. The maximum absolute atomic E-state index is 11.1. The zero-order chi connectivity index (χ0) is 14.2. The van der Waals surface area contributed by atoms with E-state index >= 15 is 0 Å². The summed E-state index contributed by atoms with van der Waals surface area (Å²) in [4.78, 5) is 11.2. The van der Waals surface area contributed by atoms with Crippen molar-refractivity contribution in [1.82, 2.24) is 9.78 Å². The summed E-state index contributed by atoms with van der Waals surface area (Å²) in [5.41, 5.74) is 0.335. The van der Waals surface area contributed by atoms with Gasteiger partial charge in [-0.2, -0.15) is 5.10 Å². The Morgan fingerprint density at radius 1 is 1.37 bits per heavy atom. The van der Waals surface area contributed by atoms with Gasteiger partial charge in [0.25, 0.3) is 0 Å². The molecule has 0 unspecified atom stereocenters. The lowest BCUT2D eigenvalue weighted by Crippen LogP contribution is -1.95. The van der Waals surface area contributed by atoms with Gasteiger partial charge in [-0.3, -0.25) is 14.8 Å². The Kier molecular flexibility index (Phi) is 4.03. The molecule has 8 heteroatoms. The third-order valence-electron chi connectivity index (χ3n) is 2.44. The minimum Gasteiger partial charge on any atom is -0.258 e. The van der Waals surface area contributed by atoms with E-state index in [4.69, 9.17) is 23.2 Å². The van der Waals surface area contributed by atoms with Crippen molar-refractivity contribution < 1.29 is 4.92 Å². The van der Waals surface area contributed by atoms with Gasteiger partial charge in [0.05, 0.1) is 19.9 Å². The van der Waals surface area contributed by atoms with Gasteiger partial charge in [0.15, 0.2) is 5.03 Å². The van der Waals surface area contributed by atoms with E-state index in [1.165, 1.54) is 4.68 Å². The SMILES string of the molecule is Cc1nn(C)c(Sc2c(Cl)cccc2Cl)c1[N+](=O)[O-]. The van der Waals surface area contributed by atoms with Crippen LogP contribution in [-0.2, 0) is 7.05 Å². The van der Waals surface area contributed by atoms with E-state index in [1.807, 2.05) is 0 Å². The van der Waals surface area contributed by atoms with Crippen LogP contribution in [0.25, 0.3) is 0 Å². The molecule has 0 aliphatic carbocycles. The maximum Gasteiger partial charge on any atom is 0.324 e. The van der Waals surface area contributed by atoms with Crippen LogP contribution in [0.2, 0.25) is 10.0 Å². The lowest BCUT2D eigenvalue weighted by Gasteiger charge is -2.06. The first kappa shape index (κ1) is 14.2. The summed E-state index contributed by atoms with van der Waals surface area (Å²) in [7, 11) is 1.65. The highest BCUT2D eigenvalue weighted by atomic mass is 35.5. The summed E-state index contributed by atoms with van der Waals surface area (Å²) in [6.07, 6.45) is 0. The van der Waals surface area contributed by atoms with Crippen LogP contribution in [0.15, 0.2) is 28.1 Å². The van der Waals surface area contributed by atoms with E-state index in [0.29, 0.717) is 25.7 Å². The second kappa shape index (κ2) is 5.40. The molecule has 2 rings (SSSR count). The minimum absolute atomic E-state index is 0.0245. The molecule has 1 aromatic heterocycles. The Bertz CT molecular complexity index is 637. The lowest BCUT2D eigenvalue weighted by molar-refractivity contribution is -0.388. The summed E-state index contributed by atoms with van der Waals surface area (Å²) in [6.45, 7) is 1.59. The lowest BCUT2D eigenvalue weighted by atomic mass is 10.4. The van der Waals surface area contributed by atoms with Crippen LogP contribution in [0.4, 0.5) is 5.69 Å². The molecule has 0 aliphatic rings. The maximum atomic E-state index is 11.1. The zero-order valence-corrected chi connectivity index (χ0v) is 12.4. The van der Waals surface area contributed by atoms with Crippen LogP contribution < -0.4 is 0 Å². The molecule has 1 heterocycles. The first-order valence-electron chi connectivity index (χ1n) is 5.21. The fourth-order valence-electron chi connectivity index (χ4n) is 1.63. The van der Waals surface area contributed by atoms with Gasteiger partial charge in [0.2, 0.25) is 0 Å². The van der Waals surface area contributed by atoms with E-state index in [-0.39, 0.29) is 5.69 Å². The van der Waals surface area contributed by atoms with Gasteiger partial charge in [-0.05, 0) is 19.1 Å². The van der Waals surface area contributed by atoms with Gasteiger partial charge in [-0.15, -0.1) is 0 Å². The molecular weight excluding hydrogens is 309 g/mol. The predicted octanol–water partition coefficient (Wildman–Crippen LogP) is 4.09. The highest BCUT2D eigenvalue weighted by Crippen LogP contribution is 2.42. The Morgan fingerprint density at radius 2 is 1.95 bits per heavy atom. The molecule has 0 radical (unpaired) electrons. The van der Waals surface area contributed by atoms with E-state index in [1.54, 1.807) is 32.2 Å². The second-order valence-corrected chi connectivity index (χ2v) is 5.59. The summed E-state index contributed by atoms with van der Waals surface area (Å²) in [5, 5.41) is 16.4. The molecule has 2 aromatic rings. The number of rotatable bonds is 3. The average molecular weight is 318 g/mol. The van der Waals surface area contributed by atoms with E-state index in [2.05, 4.69) is 5.10 Å². The van der Waals surface area contributed by atoms with E-state index in [0.717, 1.165) is 11.8 Å². The third-order valence-corrected chi connectivity index (χ3v) is 4.59. The average Bonchev–Trinajstić information content (AvgIpc) is 2.58. The molecule has 0 atom stereocenters. The Hall–Kier alpha value is -1.24. The second-order valence-electron chi connectivity index (χ2n) is 3.77. The zero-order valence-electron chi connectivity index (χ0n) is 10.1. The van der Waals surface area contributed by atoms with Crippen molar-refractivity contribution >= 4 is 40.7 Å². The molecule has 0 aliphatic heterocycles. The Labute approximate surface area is 123 Å². The van der Waals surface area contributed by atoms with Crippen LogP contribution >= 0.6 is 35.0 Å². The number of aromatic nitrogens is 2. The number of aryl methyl sites for hydroxylation is 2. The van der Waals surface area contributed by atoms with Gasteiger partial charge in [0.1, 0.15) is 5.69 Å². The molecule has 19 heavy (non-hydrogen) atoms. The van der Waals surface area contributed by atoms with Gasteiger partial charge >= 0.3 is 5.69 Å². The number of halogens is 2. The van der Waals surface area contributed by atoms with Crippen molar-refractivity contribution in [2.45, 2.75) is 16.8 Å². The monoisotopic (exact) mass is 317 g/mol. The van der Waals surface area contributed by atoms with Gasteiger partial charge < -0.3 is 0 Å². The quantitative estimate of drug-likeness (QED) is 0.631. The molecule has 0 bridgehead atoms. The number of benzene rings is 1. The molecule has 1 aromatic carbocycles. The highest BCUT2D eigenvalue weighted by molar-refractivity contribution is 7.99. The van der Waals surface area contributed by atoms with Crippen molar-refractivity contribution in [3.05, 3.63) is 44.1 Å². The fourth-order valence-corrected chi connectivity index (χ4v) is 3.27. The summed E-state index contributed by atoms with van der Waals surface area (Å²) in [6, 6.07) is 5.09. The van der Waals surface area contributed by atoms with Crippen LogP contribution in [-0.4, -0.2) is 14.7 Å². The summed E-state index contributed by atoms with van der Waals surface area (Å²) in [5.74, 6) is 0. The summed E-state index contributed by atoms with van der Waals surface area (Å²) < 4.78 is 1.46. The molecule has 5 nitrogen and oxygen atoms in total. The van der Waals surface area contributed by atoms with E-state index < -0.39 is 4.92 Å². The van der Waals surface area contributed by atoms with Crippen molar-refractivity contribution in [2.75, 3.05) is 0 Å². The first-order valence-corrected chi connectivity index (χ1v) is 6.79. The molecule has 0 spiro atoms. The third kappa shape index (κ3) is 2.70. The van der Waals surface area contributed by atoms with Crippen LogP contribution in [0.5, 0.6) is 0 Å². The normalized spacial score (nSPS) is 10.7. The van der Waals surface area contributed by atoms with Gasteiger partial charge in [-0.25, -0.2) is 0 Å². The molecule has 0 saturated carbocycles. The predicted molar refractivity (Wildman–Crippen MR) is 75.2 cm³/mol. The number of nitrogens with zero attached hydrogens (tertiary/aromatic N) is 3. The fraction of sp³-hybridized carbons (Fsp3) is 0.182. The van der Waals surface area contributed by atoms with Crippen LogP contribution in [0, 0.1) is 17.0 Å². The van der Waals surface area contributed by atoms with Gasteiger partial charge in [-0.1, -0.05) is 41.0 Å². The largest absolute Gasteiger partial charge is 0.324 e. The van der Waals surface area contributed by atoms with Crippen LogP contribution in [0.3, 0.4) is 0 Å². The van der Waals surface area contributed by atoms with Crippen molar-refractivity contribution in [3.63, 3.8) is 0 Å². The Morgan fingerprint density at radius 3 is 2.47 bits per heavy atom. The highest BCUT2D eigenvalue weighted by Gasteiger charge is 2.26. The molecule has 0 N–H and O–H groups in total. The molecule has 100 valence electrons. The van der Waals surface area contributed by atoms with Crippen molar-refractivity contribution in [2.24, 2.45) is 7.05 Å². The first-order chi connectivity index (χ1) is 8.91. The topological polar surface area (TPSA) is 61.0 Å². The number of hydrogen-bond donors (Lipinski definition) is 0.